The molecule has 1 heterocycles. The predicted octanol–water partition coefficient (Wildman–Crippen LogP) is 0.660. The number of hydrogen-bond donors (Lipinski definition) is 1. The van der Waals surface area contributed by atoms with Crippen molar-refractivity contribution in [1.29, 1.82) is 0 Å². The molecule has 0 aliphatic rings. The molecular formula is C11H16N2O2. The minimum absolute atomic E-state index is 0.0983. The number of nitrogens with one attached hydrogen (secondary N) is 1. The molecule has 4 nitrogen and oxygen atoms in total. The summed E-state index contributed by atoms with van der Waals surface area (Å²) >= 11 is 0. The average Bonchev–Trinajstić information content (AvgIpc) is 2.27. The number of likely N-dealkylation sites (N-methyl/N-ethyl adjacent to an activating group) is 1. The summed E-state index contributed by atoms with van der Waals surface area (Å²) in [6.45, 7) is 3.05. The van der Waals surface area contributed by atoms with E-state index in [1.807, 2.05) is 7.05 Å². The lowest BCUT2D eigenvalue weighted by Crippen LogP contribution is -2.28. The van der Waals surface area contributed by atoms with Gasteiger partial charge in [-0.25, -0.2) is 0 Å². The summed E-state index contributed by atoms with van der Waals surface area (Å²) in [5.41, 5.74) is 0.0932. The first-order valence-electron chi connectivity index (χ1n) is 5.08. The topological polar surface area (TPSA) is 51.1 Å². The van der Waals surface area contributed by atoms with E-state index in [2.05, 4.69) is 5.32 Å². The van der Waals surface area contributed by atoms with Crippen LogP contribution in [0.25, 0.3) is 0 Å². The van der Waals surface area contributed by atoms with E-state index in [1.54, 1.807) is 29.8 Å². The standard InChI is InChI=1S/C11H16N2O2/c1-3-10(14)9-5-4-7-13(11(9)15)8-6-12-2/h4-5,7,12H,3,6,8H2,1-2H3. The van der Waals surface area contributed by atoms with Crippen LogP contribution in [0.5, 0.6) is 0 Å². The molecule has 4 heteroatoms. The Bertz CT molecular complexity index is 396. The maximum absolute atomic E-state index is 11.8. The predicted molar refractivity (Wildman–Crippen MR) is 59.3 cm³/mol. The fourth-order valence-electron chi connectivity index (χ4n) is 1.35. The summed E-state index contributed by atoms with van der Waals surface area (Å²) in [5.74, 6) is -0.0983. The monoisotopic (exact) mass is 208 g/mol. The van der Waals surface area contributed by atoms with Crippen molar-refractivity contribution < 1.29 is 4.79 Å². The Kier molecular flexibility index (Phi) is 4.24. The van der Waals surface area contributed by atoms with Gasteiger partial charge in [0.25, 0.3) is 5.56 Å². The Morgan fingerprint density at radius 3 is 2.87 bits per heavy atom. The van der Waals surface area contributed by atoms with E-state index in [-0.39, 0.29) is 16.9 Å². The summed E-state index contributed by atoms with van der Waals surface area (Å²) < 4.78 is 1.55. The van der Waals surface area contributed by atoms with Crippen molar-refractivity contribution in [3.05, 3.63) is 34.2 Å². The van der Waals surface area contributed by atoms with Crippen molar-refractivity contribution in [1.82, 2.24) is 9.88 Å². The van der Waals surface area contributed by atoms with Crippen molar-refractivity contribution in [2.45, 2.75) is 19.9 Å². The van der Waals surface area contributed by atoms with Gasteiger partial charge in [0.2, 0.25) is 0 Å². The number of hydrogen-bond acceptors (Lipinski definition) is 3. The van der Waals surface area contributed by atoms with Crippen molar-refractivity contribution in [2.75, 3.05) is 13.6 Å². The summed E-state index contributed by atoms with van der Waals surface area (Å²) in [5, 5.41) is 2.96. The maximum atomic E-state index is 11.8. The van der Waals surface area contributed by atoms with Crippen LogP contribution in [-0.4, -0.2) is 23.9 Å². The lowest BCUT2D eigenvalue weighted by Gasteiger charge is -2.06. The zero-order valence-electron chi connectivity index (χ0n) is 9.12. The number of aromatic nitrogens is 1. The molecule has 1 N–H and O–H groups in total. The van der Waals surface area contributed by atoms with E-state index in [0.29, 0.717) is 19.5 Å². The van der Waals surface area contributed by atoms with Crippen LogP contribution in [0.15, 0.2) is 23.1 Å². The van der Waals surface area contributed by atoms with Gasteiger partial charge in [-0.05, 0) is 19.2 Å². The van der Waals surface area contributed by atoms with Crippen LogP contribution < -0.4 is 10.9 Å². The quantitative estimate of drug-likeness (QED) is 0.723. The smallest absolute Gasteiger partial charge is 0.261 e. The molecule has 1 aromatic rings. The van der Waals surface area contributed by atoms with Crippen LogP contribution in [0.4, 0.5) is 0 Å². The van der Waals surface area contributed by atoms with E-state index >= 15 is 0 Å². The van der Waals surface area contributed by atoms with E-state index in [4.69, 9.17) is 0 Å². The van der Waals surface area contributed by atoms with Gasteiger partial charge in [0.05, 0.1) is 5.56 Å². The molecule has 0 aliphatic carbocycles. The summed E-state index contributed by atoms with van der Waals surface area (Å²) in [6, 6.07) is 3.32. The molecule has 0 aliphatic heterocycles. The fraction of sp³-hybridized carbons (Fsp3) is 0.455. The fourth-order valence-corrected chi connectivity index (χ4v) is 1.35. The highest BCUT2D eigenvalue weighted by Crippen LogP contribution is 1.96. The number of nitrogens with zero attached hydrogens (tertiary/aromatic N) is 1. The Morgan fingerprint density at radius 1 is 1.53 bits per heavy atom. The summed E-state index contributed by atoms with van der Waals surface area (Å²) in [4.78, 5) is 23.2. The number of carbonyl (C=O) groups excluding carboxylic acids is 1. The van der Waals surface area contributed by atoms with Gasteiger partial charge in [0, 0.05) is 25.7 Å². The third kappa shape index (κ3) is 2.76. The van der Waals surface area contributed by atoms with E-state index in [1.165, 1.54) is 0 Å². The van der Waals surface area contributed by atoms with Gasteiger partial charge in [-0.15, -0.1) is 0 Å². The van der Waals surface area contributed by atoms with Crippen LogP contribution in [0.2, 0.25) is 0 Å². The SMILES string of the molecule is CCC(=O)c1cccn(CCNC)c1=O. The van der Waals surface area contributed by atoms with Crippen molar-refractivity contribution in [3.8, 4) is 0 Å². The highest BCUT2D eigenvalue weighted by Gasteiger charge is 2.09. The first-order valence-corrected chi connectivity index (χ1v) is 5.08. The third-order valence-corrected chi connectivity index (χ3v) is 2.24. The number of carbonyl (C=O) groups is 1. The minimum Gasteiger partial charge on any atom is -0.318 e. The van der Waals surface area contributed by atoms with Crippen LogP contribution in [0, 0.1) is 0 Å². The van der Waals surface area contributed by atoms with Gasteiger partial charge in [-0.1, -0.05) is 6.92 Å². The molecule has 0 saturated carbocycles. The lowest BCUT2D eigenvalue weighted by atomic mass is 10.1. The van der Waals surface area contributed by atoms with Crippen molar-refractivity contribution in [3.63, 3.8) is 0 Å². The molecule has 0 unspecified atom stereocenters. The second-order valence-corrected chi connectivity index (χ2v) is 3.30. The minimum atomic E-state index is -0.195. The normalized spacial score (nSPS) is 10.3. The van der Waals surface area contributed by atoms with E-state index < -0.39 is 0 Å². The van der Waals surface area contributed by atoms with Crippen LogP contribution in [-0.2, 0) is 6.54 Å². The average molecular weight is 208 g/mol. The summed E-state index contributed by atoms with van der Waals surface area (Å²) in [6.07, 6.45) is 2.07. The first kappa shape index (κ1) is 11.7. The summed E-state index contributed by atoms with van der Waals surface area (Å²) in [7, 11) is 1.83. The first-order chi connectivity index (χ1) is 7.20. The molecule has 0 atom stereocenters. The molecule has 1 rings (SSSR count). The van der Waals surface area contributed by atoms with Gasteiger partial charge in [-0.3, -0.25) is 9.59 Å². The second kappa shape index (κ2) is 5.46. The van der Waals surface area contributed by atoms with E-state index in [0.717, 1.165) is 0 Å². The maximum Gasteiger partial charge on any atom is 0.261 e. The van der Waals surface area contributed by atoms with Crippen LogP contribution in [0.1, 0.15) is 23.7 Å². The number of pyridine rings is 1. The van der Waals surface area contributed by atoms with E-state index in [9.17, 15) is 9.59 Å². The Labute approximate surface area is 88.9 Å². The molecule has 0 radical (unpaired) electrons. The highest BCUT2D eigenvalue weighted by atomic mass is 16.1. The zero-order chi connectivity index (χ0) is 11.3. The van der Waals surface area contributed by atoms with Gasteiger partial charge in [0.15, 0.2) is 5.78 Å². The molecule has 0 fully saturated rings. The number of Topliss-reactive ketones (excluding diaryl/α,β-unsaturated/α-hetero) is 1. The molecule has 82 valence electrons. The molecule has 0 saturated heterocycles. The van der Waals surface area contributed by atoms with Crippen LogP contribution >= 0.6 is 0 Å². The Morgan fingerprint density at radius 2 is 2.27 bits per heavy atom. The molecule has 15 heavy (non-hydrogen) atoms. The Balaban J connectivity index is 3.01. The molecule has 1 aromatic heterocycles. The van der Waals surface area contributed by atoms with Gasteiger partial charge < -0.3 is 9.88 Å². The number of ketones is 1. The zero-order valence-corrected chi connectivity index (χ0v) is 9.12. The second-order valence-electron chi connectivity index (χ2n) is 3.30. The molecule has 0 aromatic carbocycles. The van der Waals surface area contributed by atoms with Gasteiger partial charge >= 0.3 is 0 Å². The lowest BCUT2D eigenvalue weighted by molar-refractivity contribution is 0.0986. The van der Waals surface area contributed by atoms with Crippen molar-refractivity contribution in [2.24, 2.45) is 0 Å². The molecule has 0 spiro atoms. The highest BCUT2D eigenvalue weighted by molar-refractivity contribution is 5.95. The largest absolute Gasteiger partial charge is 0.318 e. The molecule has 0 amide bonds. The van der Waals surface area contributed by atoms with Crippen LogP contribution in [0.3, 0.4) is 0 Å². The van der Waals surface area contributed by atoms with Gasteiger partial charge in [-0.2, -0.15) is 0 Å². The van der Waals surface area contributed by atoms with Crippen molar-refractivity contribution >= 4 is 5.78 Å². The third-order valence-electron chi connectivity index (χ3n) is 2.24. The molecular weight excluding hydrogens is 192 g/mol. The van der Waals surface area contributed by atoms with Gasteiger partial charge in [0.1, 0.15) is 0 Å². The Hall–Kier alpha value is -1.42. The number of rotatable bonds is 5. The molecule has 0 bridgehead atoms.